The summed E-state index contributed by atoms with van der Waals surface area (Å²) >= 11 is 3.33. The second-order valence-corrected chi connectivity index (χ2v) is 8.91. The minimum atomic E-state index is -3.73. The van der Waals surface area contributed by atoms with Crippen LogP contribution >= 0.6 is 15.9 Å². The summed E-state index contributed by atoms with van der Waals surface area (Å²) in [6, 6.07) is 14.9. The summed E-state index contributed by atoms with van der Waals surface area (Å²) in [5.74, 6) is -0.361. The third-order valence-electron chi connectivity index (χ3n) is 4.16. The van der Waals surface area contributed by atoms with Gasteiger partial charge < -0.3 is 5.32 Å². The minimum Gasteiger partial charge on any atom is -0.322 e. The number of hydrogen-bond acceptors (Lipinski definition) is 4. The summed E-state index contributed by atoms with van der Waals surface area (Å²) in [6.07, 6.45) is 1.27. The van der Waals surface area contributed by atoms with E-state index in [1.54, 1.807) is 30.3 Å². The van der Waals surface area contributed by atoms with Crippen molar-refractivity contribution >= 4 is 37.4 Å². The molecule has 2 aromatic carbocycles. The smallest absolute Gasteiger partial charge is 0.257 e. The number of pyridine rings is 1. The number of aryl methyl sites for hydroxylation is 2. The lowest BCUT2D eigenvalue weighted by Gasteiger charge is -2.08. The van der Waals surface area contributed by atoms with Crippen LogP contribution in [-0.2, 0) is 9.84 Å². The number of carbonyl (C=O) groups is 1. The molecule has 138 valence electrons. The number of nitrogens with one attached hydrogen (secondary N) is 1. The molecule has 3 aromatic rings. The molecule has 0 aliphatic rings. The molecule has 5 nitrogen and oxygen atoms in total. The van der Waals surface area contributed by atoms with Crippen molar-refractivity contribution in [1.29, 1.82) is 0 Å². The van der Waals surface area contributed by atoms with Gasteiger partial charge in [-0.3, -0.25) is 4.79 Å². The number of aromatic nitrogens is 1. The molecule has 0 fully saturated rings. The van der Waals surface area contributed by atoms with Crippen molar-refractivity contribution in [3.05, 3.63) is 82.0 Å². The van der Waals surface area contributed by atoms with E-state index >= 15 is 0 Å². The van der Waals surface area contributed by atoms with Crippen LogP contribution in [0.3, 0.4) is 0 Å². The zero-order chi connectivity index (χ0) is 19.6. The van der Waals surface area contributed by atoms with Gasteiger partial charge in [0.2, 0.25) is 9.84 Å². The topological polar surface area (TPSA) is 76.1 Å². The van der Waals surface area contributed by atoms with Crippen LogP contribution in [0.2, 0.25) is 0 Å². The van der Waals surface area contributed by atoms with Gasteiger partial charge in [-0.15, -0.1) is 0 Å². The Morgan fingerprint density at radius 3 is 2.26 bits per heavy atom. The SMILES string of the molecule is Cc1ccc(S(=O)(=O)c2ccc(C(=O)Nc3ccc(Br)cc3)cn2)cc1C. The number of carbonyl (C=O) groups excluding carboxylic acids is 1. The Balaban J connectivity index is 1.82. The molecule has 0 bridgehead atoms. The average molecular weight is 445 g/mol. The zero-order valence-electron chi connectivity index (χ0n) is 14.7. The first kappa shape index (κ1) is 19.3. The van der Waals surface area contributed by atoms with E-state index in [1.165, 1.54) is 18.3 Å². The second-order valence-electron chi connectivity index (χ2n) is 6.10. The maximum Gasteiger partial charge on any atom is 0.257 e. The predicted molar refractivity (Wildman–Crippen MR) is 108 cm³/mol. The monoisotopic (exact) mass is 444 g/mol. The number of nitrogens with zero attached hydrogens (tertiary/aromatic N) is 1. The van der Waals surface area contributed by atoms with E-state index in [-0.39, 0.29) is 21.4 Å². The van der Waals surface area contributed by atoms with Crippen molar-refractivity contribution in [1.82, 2.24) is 4.98 Å². The Bertz CT molecular complexity index is 1090. The lowest BCUT2D eigenvalue weighted by molar-refractivity contribution is 0.102. The lowest BCUT2D eigenvalue weighted by Crippen LogP contribution is -2.13. The van der Waals surface area contributed by atoms with Crippen molar-refractivity contribution in [2.24, 2.45) is 0 Å². The van der Waals surface area contributed by atoms with Crippen LogP contribution < -0.4 is 5.32 Å². The molecule has 0 aliphatic heterocycles. The maximum atomic E-state index is 12.7. The first-order valence-corrected chi connectivity index (χ1v) is 10.4. The Kier molecular flexibility index (Phi) is 5.43. The van der Waals surface area contributed by atoms with Crippen molar-refractivity contribution in [3.63, 3.8) is 0 Å². The van der Waals surface area contributed by atoms with Gasteiger partial charge in [-0.1, -0.05) is 22.0 Å². The van der Waals surface area contributed by atoms with Crippen molar-refractivity contribution in [3.8, 4) is 0 Å². The van der Waals surface area contributed by atoms with E-state index < -0.39 is 9.84 Å². The van der Waals surface area contributed by atoms with E-state index in [1.807, 2.05) is 26.0 Å². The Labute approximate surface area is 166 Å². The number of benzene rings is 2. The van der Waals surface area contributed by atoms with Crippen LogP contribution in [-0.4, -0.2) is 19.3 Å². The molecule has 0 radical (unpaired) electrons. The van der Waals surface area contributed by atoms with E-state index in [9.17, 15) is 13.2 Å². The van der Waals surface area contributed by atoms with Crippen molar-refractivity contribution in [2.45, 2.75) is 23.8 Å². The number of hydrogen-bond donors (Lipinski definition) is 1. The highest BCUT2D eigenvalue weighted by Gasteiger charge is 2.20. The van der Waals surface area contributed by atoms with E-state index in [0.29, 0.717) is 5.69 Å². The number of amides is 1. The molecule has 0 saturated carbocycles. The molecule has 0 spiro atoms. The molecule has 0 unspecified atom stereocenters. The number of halogens is 1. The molecule has 0 aliphatic carbocycles. The van der Waals surface area contributed by atoms with Crippen LogP contribution in [0.25, 0.3) is 0 Å². The quantitative estimate of drug-likeness (QED) is 0.640. The third-order valence-corrected chi connectivity index (χ3v) is 6.36. The molecule has 27 heavy (non-hydrogen) atoms. The average Bonchev–Trinajstić information content (AvgIpc) is 2.66. The molecule has 7 heteroatoms. The number of sulfone groups is 1. The molecule has 1 aromatic heterocycles. The zero-order valence-corrected chi connectivity index (χ0v) is 17.1. The van der Waals surface area contributed by atoms with E-state index in [0.717, 1.165) is 15.6 Å². The van der Waals surface area contributed by atoms with Crippen LogP contribution in [0.4, 0.5) is 5.69 Å². The fourth-order valence-electron chi connectivity index (χ4n) is 2.41. The van der Waals surface area contributed by atoms with Crippen LogP contribution in [0.1, 0.15) is 21.5 Å². The van der Waals surface area contributed by atoms with Gasteiger partial charge in [0.1, 0.15) is 0 Å². The maximum absolute atomic E-state index is 12.7. The van der Waals surface area contributed by atoms with Crippen molar-refractivity contribution < 1.29 is 13.2 Å². The fourth-order valence-corrected chi connectivity index (χ4v) is 3.94. The largest absolute Gasteiger partial charge is 0.322 e. The lowest BCUT2D eigenvalue weighted by atomic mass is 10.1. The molecule has 1 heterocycles. The third kappa shape index (κ3) is 4.26. The van der Waals surface area contributed by atoms with Crippen LogP contribution in [0, 0.1) is 13.8 Å². The molecular formula is C20H17BrN2O3S. The van der Waals surface area contributed by atoms with Gasteiger partial charge in [0.25, 0.3) is 5.91 Å². The Hall–Kier alpha value is -2.51. The normalized spacial score (nSPS) is 11.2. The highest BCUT2D eigenvalue weighted by atomic mass is 79.9. The summed E-state index contributed by atoms with van der Waals surface area (Å²) in [7, 11) is -3.73. The summed E-state index contributed by atoms with van der Waals surface area (Å²) < 4.78 is 26.4. The predicted octanol–water partition coefficient (Wildman–Crippen LogP) is 4.55. The van der Waals surface area contributed by atoms with Gasteiger partial charge in [0, 0.05) is 16.4 Å². The Morgan fingerprint density at radius 2 is 1.67 bits per heavy atom. The molecule has 3 rings (SSSR count). The number of anilines is 1. The molecule has 1 amide bonds. The highest BCUT2D eigenvalue weighted by Crippen LogP contribution is 2.22. The van der Waals surface area contributed by atoms with E-state index in [4.69, 9.17) is 0 Å². The molecule has 0 atom stereocenters. The number of rotatable bonds is 4. The van der Waals surface area contributed by atoms with Crippen molar-refractivity contribution in [2.75, 3.05) is 5.32 Å². The summed E-state index contributed by atoms with van der Waals surface area (Å²) in [5, 5.41) is 2.65. The first-order chi connectivity index (χ1) is 12.8. The van der Waals surface area contributed by atoms with Gasteiger partial charge in [-0.25, -0.2) is 13.4 Å². The van der Waals surface area contributed by atoms with Gasteiger partial charge in [-0.2, -0.15) is 0 Å². The molecular weight excluding hydrogens is 428 g/mol. The molecule has 0 saturated heterocycles. The standard InChI is InChI=1S/C20H17BrN2O3S/c1-13-3-9-18(11-14(13)2)27(25,26)19-10-4-15(12-22-19)20(24)23-17-7-5-16(21)6-8-17/h3-12H,1-2H3,(H,23,24). The summed E-state index contributed by atoms with van der Waals surface area (Å²) in [4.78, 5) is 16.5. The minimum absolute atomic E-state index is 0.0917. The van der Waals surface area contributed by atoms with Crippen LogP contribution in [0.5, 0.6) is 0 Å². The first-order valence-electron chi connectivity index (χ1n) is 8.13. The van der Waals surface area contributed by atoms with Gasteiger partial charge in [0.15, 0.2) is 5.03 Å². The highest BCUT2D eigenvalue weighted by molar-refractivity contribution is 9.10. The van der Waals surface area contributed by atoms with E-state index in [2.05, 4.69) is 26.2 Å². The summed E-state index contributed by atoms with van der Waals surface area (Å²) in [5.41, 5.74) is 2.82. The fraction of sp³-hybridized carbons (Fsp3) is 0.100. The van der Waals surface area contributed by atoms with Crippen LogP contribution in [0.15, 0.2) is 75.2 Å². The van der Waals surface area contributed by atoms with Gasteiger partial charge in [-0.05, 0) is 73.5 Å². The Morgan fingerprint density at radius 1 is 0.963 bits per heavy atom. The second kappa shape index (κ2) is 7.62. The van der Waals surface area contributed by atoms with Gasteiger partial charge in [0.05, 0.1) is 10.5 Å². The summed E-state index contributed by atoms with van der Waals surface area (Å²) in [6.45, 7) is 3.78. The molecule has 1 N–H and O–H groups in total. The van der Waals surface area contributed by atoms with Gasteiger partial charge >= 0.3 is 0 Å².